The molecule has 0 spiro atoms. The van der Waals surface area contributed by atoms with Crippen molar-refractivity contribution in [2.75, 3.05) is 20.1 Å². The van der Waals surface area contributed by atoms with E-state index in [0.717, 1.165) is 56.2 Å². The molecule has 0 amide bonds. The molecule has 2 aliphatic rings. The van der Waals surface area contributed by atoms with E-state index >= 15 is 0 Å². The van der Waals surface area contributed by atoms with Crippen LogP contribution in [0.1, 0.15) is 55.3 Å². The maximum atomic E-state index is 6.82. The second kappa shape index (κ2) is 10.0. The number of thioether (sulfide) groups is 1. The zero-order valence-electron chi connectivity index (χ0n) is 20.0. The number of imidazole rings is 1. The number of rotatable bonds is 6. The van der Waals surface area contributed by atoms with E-state index < -0.39 is 0 Å². The van der Waals surface area contributed by atoms with Gasteiger partial charge in [-0.05, 0) is 48.3 Å². The lowest BCUT2D eigenvalue weighted by Gasteiger charge is -2.32. The SMILES string of the molecule is CC(C)SCc1ccc(-c2cn3c(n2)C(OC2CCN(C)CC2)c2ccccc2CC3)cc1. The van der Waals surface area contributed by atoms with Gasteiger partial charge < -0.3 is 14.2 Å². The number of ether oxygens (including phenoxy) is 1. The topological polar surface area (TPSA) is 30.3 Å². The van der Waals surface area contributed by atoms with E-state index in [1.165, 1.54) is 22.3 Å². The van der Waals surface area contributed by atoms with E-state index in [2.05, 4.69) is 85.1 Å². The zero-order chi connectivity index (χ0) is 22.8. The van der Waals surface area contributed by atoms with E-state index in [9.17, 15) is 0 Å². The van der Waals surface area contributed by atoms with Crippen molar-refractivity contribution in [3.05, 3.63) is 77.2 Å². The Morgan fingerprint density at radius 3 is 2.55 bits per heavy atom. The van der Waals surface area contributed by atoms with Crippen LogP contribution >= 0.6 is 11.8 Å². The molecule has 1 aromatic heterocycles. The van der Waals surface area contributed by atoms with Gasteiger partial charge in [0.15, 0.2) is 0 Å². The fourth-order valence-electron chi connectivity index (χ4n) is 4.84. The predicted molar refractivity (Wildman–Crippen MR) is 138 cm³/mol. The summed E-state index contributed by atoms with van der Waals surface area (Å²) in [5, 5.41) is 0.651. The molecule has 0 saturated carbocycles. The van der Waals surface area contributed by atoms with Crippen molar-refractivity contribution in [3.63, 3.8) is 0 Å². The van der Waals surface area contributed by atoms with Gasteiger partial charge in [-0.3, -0.25) is 0 Å². The molecule has 4 nitrogen and oxygen atoms in total. The molecule has 33 heavy (non-hydrogen) atoms. The number of aromatic nitrogens is 2. The van der Waals surface area contributed by atoms with Crippen LogP contribution in [0.3, 0.4) is 0 Å². The number of piperidine rings is 1. The molecule has 0 radical (unpaired) electrons. The minimum absolute atomic E-state index is 0.104. The van der Waals surface area contributed by atoms with Crippen molar-refractivity contribution in [2.45, 2.75) is 62.9 Å². The third-order valence-corrected chi connectivity index (χ3v) is 8.00. The lowest BCUT2D eigenvalue weighted by molar-refractivity contribution is -0.0275. The van der Waals surface area contributed by atoms with Crippen molar-refractivity contribution in [1.29, 1.82) is 0 Å². The Bertz CT molecular complexity index is 1070. The van der Waals surface area contributed by atoms with Crippen LogP contribution in [0, 0.1) is 0 Å². The summed E-state index contributed by atoms with van der Waals surface area (Å²) in [5.74, 6) is 2.11. The molecule has 1 saturated heterocycles. The van der Waals surface area contributed by atoms with E-state index in [1.54, 1.807) is 0 Å². The molecule has 5 rings (SSSR count). The smallest absolute Gasteiger partial charge is 0.143 e. The second-order valence-corrected chi connectivity index (χ2v) is 11.3. The summed E-state index contributed by atoms with van der Waals surface area (Å²) >= 11 is 1.98. The summed E-state index contributed by atoms with van der Waals surface area (Å²) in [7, 11) is 2.20. The molecular formula is C28H35N3OS. The van der Waals surface area contributed by atoms with Gasteiger partial charge >= 0.3 is 0 Å². The molecule has 1 unspecified atom stereocenters. The molecule has 0 bridgehead atoms. The highest BCUT2D eigenvalue weighted by Gasteiger charge is 2.30. The minimum atomic E-state index is -0.104. The van der Waals surface area contributed by atoms with Crippen LogP contribution in [0.25, 0.3) is 11.3 Å². The number of fused-ring (bicyclic) bond motifs is 2. The van der Waals surface area contributed by atoms with Crippen molar-refractivity contribution in [2.24, 2.45) is 0 Å². The van der Waals surface area contributed by atoms with E-state index in [4.69, 9.17) is 9.72 Å². The van der Waals surface area contributed by atoms with Gasteiger partial charge in [0, 0.05) is 37.1 Å². The maximum absolute atomic E-state index is 6.82. The maximum Gasteiger partial charge on any atom is 0.143 e. The van der Waals surface area contributed by atoms with Crippen LogP contribution in [0.2, 0.25) is 0 Å². The van der Waals surface area contributed by atoms with Crippen LogP contribution in [0.5, 0.6) is 0 Å². The molecular weight excluding hydrogens is 426 g/mol. The first kappa shape index (κ1) is 22.7. The number of hydrogen-bond acceptors (Lipinski definition) is 4. The van der Waals surface area contributed by atoms with Crippen LogP contribution in [-0.4, -0.2) is 45.9 Å². The quantitative estimate of drug-likeness (QED) is 0.454. The number of likely N-dealkylation sites (tertiary alicyclic amines) is 1. The highest BCUT2D eigenvalue weighted by molar-refractivity contribution is 7.99. The van der Waals surface area contributed by atoms with Gasteiger partial charge in [0.1, 0.15) is 11.9 Å². The predicted octanol–water partition coefficient (Wildman–Crippen LogP) is 5.95. The van der Waals surface area contributed by atoms with E-state index in [-0.39, 0.29) is 12.2 Å². The van der Waals surface area contributed by atoms with Crippen molar-refractivity contribution in [1.82, 2.24) is 14.5 Å². The molecule has 3 aromatic rings. The molecule has 0 aliphatic carbocycles. The summed E-state index contributed by atoms with van der Waals surface area (Å²) in [6, 6.07) is 17.7. The van der Waals surface area contributed by atoms with Crippen molar-refractivity contribution >= 4 is 11.8 Å². The Balaban J connectivity index is 1.43. The largest absolute Gasteiger partial charge is 0.362 e. The number of aryl methyl sites for hydroxylation is 2. The Morgan fingerprint density at radius 1 is 1.03 bits per heavy atom. The molecule has 1 atom stereocenters. The molecule has 5 heteroatoms. The Kier molecular flexibility index (Phi) is 6.91. The van der Waals surface area contributed by atoms with E-state index in [0.29, 0.717) is 5.25 Å². The number of nitrogens with zero attached hydrogens (tertiary/aromatic N) is 3. The highest BCUT2D eigenvalue weighted by Crippen LogP contribution is 2.36. The monoisotopic (exact) mass is 461 g/mol. The average Bonchev–Trinajstić information content (AvgIpc) is 3.20. The van der Waals surface area contributed by atoms with Gasteiger partial charge in [-0.25, -0.2) is 4.98 Å². The second-order valence-electron chi connectivity index (χ2n) is 9.70. The lowest BCUT2D eigenvalue weighted by Crippen LogP contribution is -2.35. The summed E-state index contributed by atoms with van der Waals surface area (Å²) in [6.07, 6.45) is 5.58. The highest BCUT2D eigenvalue weighted by atomic mass is 32.2. The van der Waals surface area contributed by atoms with Crippen LogP contribution in [0.15, 0.2) is 54.7 Å². The van der Waals surface area contributed by atoms with Gasteiger partial charge in [0.05, 0.1) is 11.8 Å². The fourth-order valence-corrected chi connectivity index (χ4v) is 5.56. The Labute approximate surface area is 202 Å². The molecule has 2 aliphatic heterocycles. The van der Waals surface area contributed by atoms with Crippen molar-refractivity contribution in [3.8, 4) is 11.3 Å². The summed E-state index contributed by atoms with van der Waals surface area (Å²) < 4.78 is 9.15. The van der Waals surface area contributed by atoms with E-state index in [1.807, 2.05) is 11.8 Å². The molecule has 2 aromatic carbocycles. The Hall–Kier alpha value is -2.08. The van der Waals surface area contributed by atoms with Gasteiger partial charge in [0.25, 0.3) is 0 Å². The summed E-state index contributed by atoms with van der Waals surface area (Å²) in [6.45, 7) is 7.63. The lowest BCUT2D eigenvalue weighted by atomic mass is 10.00. The van der Waals surface area contributed by atoms with Crippen molar-refractivity contribution < 1.29 is 4.74 Å². The first-order valence-electron chi connectivity index (χ1n) is 12.3. The van der Waals surface area contributed by atoms with Crippen LogP contribution < -0.4 is 0 Å². The van der Waals surface area contributed by atoms with Gasteiger partial charge in [0.2, 0.25) is 0 Å². The fraction of sp³-hybridized carbons (Fsp3) is 0.464. The van der Waals surface area contributed by atoms with Gasteiger partial charge in [-0.1, -0.05) is 62.4 Å². The number of benzene rings is 2. The standard InChI is InChI=1S/C28H35N3OS/c1-20(2)33-19-21-8-10-23(11-9-21)26-18-31-17-12-22-6-4-5-7-25(22)27(28(31)29-26)32-24-13-15-30(3)16-14-24/h4-11,18,20,24,27H,12-17,19H2,1-3H3. The Morgan fingerprint density at radius 2 is 1.79 bits per heavy atom. The van der Waals surface area contributed by atoms with Gasteiger partial charge in [-0.2, -0.15) is 11.8 Å². The van der Waals surface area contributed by atoms with Crippen LogP contribution in [-0.2, 0) is 23.5 Å². The van der Waals surface area contributed by atoms with Crippen LogP contribution in [0.4, 0.5) is 0 Å². The summed E-state index contributed by atoms with van der Waals surface area (Å²) in [4.78, 5) is 7.56. The number of hydrogen-bond donors (Lipinski definition) is 0. The third kappa shape index (κ3) is 5.21. The first-order chi connectivity index (χ1) is 16.1. The zero-order valence-corrected chi connectivity index (χ0v) is 20.9. The average molecular weight is 462 g/mol. The first-order valence-corrected chi connectivity index (χ1v) is 13.3. The summed E-state index contributed by atoms with van der Waals surface area (Å²) in [5.41, 5.74) is 6.27. The molecule has 174 valence electrons. The molecule has 3 heterocycles. The minimum Gasteiger partial charge on any atom is -0.362 e. The third-order valence-electron chi connectivity index (χ3n) is 6.83. The molecule has 0 N–H and O–H groups in total. The molecule has 1 fully saturated rings. The normalized spacial score (nSPS) is 19.3. The van der Waals surface area contributed by atoms with Gasteiger partial charge in [-0.15, -0.1) is 0 Å².